The Labute approximate surface area is 119 Å². The van der Waals surface area contributed by atoms with Crippen LogP contribution in [0.25, 0.3) is 0 Å². The van der Waals surface area contributed by atoms with E-state index in [1.54, 1.807) is 6.20 Å². The maximum Gasteiger partial charge on any atom is 0.320 e. The maximum absolute atomic E-state index is 11.7. The van der Waals surface area contributed by atoms with Gasteiger partial charge in [0.2, 0.25) is 0 Å². The Morgan fingerprint density at radius 3 is 2.70 bits per heavy atom. The number of aryl methyl sites for hydroxylation is 2. The number of benzene rings is 1. The molecule has 4 heteroatoms. The quantitative estimate of drug-likeness (QED) is 0.896. The van der Waals surface area contributed by atoms with Gasteiger partial charge >= 0.3 is 6.03 Å². The Kier molecular flexibility index (Phi) is 4.71. The number of pyridine rings is 1. The number of hydrogen-bond donors (Lipinski definition) is 2. The van der Waals surface area contributed by atoms with E-state index in [9.17, 15) is 4.79 Å². The molecule has 1 aromatic carbocycles. The lowest BCUT2D eigenvalue weighted by atomic mass is 10.1. The van der Waals surface area contributed by atoms with Crippen molar-refractivity contribution in [3.05, 3.63) is 59.3 Å². The van der Waals surface area contributed by atoms with Crippen LogP contribution in [0.1, 0.15) is 16.7 Å². The molecular weight excluding hydrogens is 250 g/mol. The van der Waals surface area contributed by atoms with Gasteiger partial charge in [-0.05, 0) is 43.5 Å². The standard InChI is InChI=1S/C16H19N3O/c1-12-4-3-5-14(10-12)7-9-18-16(20)19-15-11-13(2)6-8-17-15/h3-6,8,10-11H,7,9H2,1-2H3,(H2,17,18,19,20). The molecule has 0 aliphatic heterocycles. The molecule has 104 valence electrons. The smallest absolute Gasteiger partial charge is 0.320 e. The van der Waals surface area contributed by atoms with Crippen LogP contribution in [0.2, 0.25) is 0 Å². The highest BCUT2D eigenvalue weighted by Crippen LogP contribution is 2.05. The van der Waals surface area contributed by atoms with Gasteiger partial charge in [-0.2, -0.15) is 0 Å². The summed E-state index contributed by atoms with van der Waals surface area (Å²) in [6.45, 7) is 4.62. The summed E-state index contributed by atoms with van der Waals surface area (Å²) >= 11 is 0. The molecule has 2 rings (SSSR count). The molecule has 0 unspecified atom stereocenters. The van der Waals surface area contributed by atoms with Gasteiger partial charge in [0.05, 0.1) is 0 Å². The highest BCUT2D eigenvalue weighted by molar-refractivity contribution is 5.88. The fourth-order valence-electron chi connectivity index (χ4n) is 1.95. The monoisotopic (exact) mass is 269 g/mol. The molecule has 2 N–H and O–H groups in total. The van der Waals surface area contributed by atoms with Crippen molar-refractivity contribution in [3.63, 3.8) is 0 Å². The number of nitrogens with zero attached hydrogens (tertiary/aromatic N) is 1. The molecule has 0 spiro atoms. The highest BCUT2D eigenvalue weighted by Gasteiger charge is 2.02. The van der Waals surface area contributed by atoms with Crippen molar-refractivity contribution >= 4 is 11.8 Å². The molecule has 0 saturated heterocycles. The number of rotatable bonds is 4. The van der Waals surface area contributed by atoms with E-state index in [4.69, 9.17) is 0 Å². The molecule has 4 nitrogen and oxygen atoms in total. The lowest BCUT2D eigenvalue weighted by Crippen LogP contribution is -2.30. The summed E-state index contributed by atoms with van der Waals surface area (Å²) in [5.41, 5.74) is 3.52. The van der Waals surface area contributed by atoms with E-state index in [1.807, 2.05) is 25.1 Å². The van der Waals surface area contributed by atoms with Crippen LogP contribution in [-0.2, 0) is 6.42 Å². The van der Waals surface area contributed by atoms with Gasteiger partial charge in [0.25, 0.3) is 0 Å². The Balaban J connectivity index is 1.78. The highest BCUT2D eigenvalue weighted by atomic mass is 16.2. The minimum Gasteiger partial charge on any atom is -0.337 e. The number of carbonyl (C=O) groups is 1. The number of hydrogen-bond acceptors (Lipinski definition) is 2. The number of amides is 2. The summed E-state index contributed by atoms with van der Waals surface area (Å²) in [5, 5.41) is 5.55. The van der Waals surface area contributed by atoms with Crippen LogP contribution in [0.15, 0.2) is 42.6 Å². The third kappa shape index (κ3) is 4.39. The minimum atomic E-state index is -0.226. The van der Waals surface area contributed by atoms with Crippen molar-refractivity contribution in [3.8, 4) is 0 Å². The van der Waals surface area contributed by atoms with Crippen molar-refractivity contribution in [2.75, 3.05) is 11.9 Å². The zero-order chi connectivity index (χ0) is 14.4. The first-order valence-corrected chi connectivity index (χ1v) is 6.66. The normalized spacial score (nSPS) is 10.1. The first kappa shape index (κ1) is 14.1. The average molecular weight is 269 g/mol. The molecule has 0 radical (unpaired) electrons. The fourth-order valence-corrected chi connectivity index (χ4v) is 1.95. The number of urea groups is 1. The van der Waals surface area contributed by atoms with Crippen LogP contribution in [0.5, 0.6) is 0 Å². The SMILES string of the molecule is Cc1cccc(CCNC(=O)Nc2cc(C)ccn2)c1. The molecule has 1 heterocycles. The van der Waals surface area contributed by atoms with Gasteiger partial charge in [0.1, 0.15) is 5.82 Å². The molecule has 0 bridgehead atoms. The van der Waals surface area contributed by atoms with E-state index in [0.29, 0.717) is 12.4 Å². The molecule has 0 fully saturated rings. The Bertz CT molecular complexity index is 596. The number of carbonyl (C=O) groups excluding carboxylic acids is 1. The lowest BCUT2D eigenvalue weighted by molar-refractivity contribution is 0.252. The Hall–Kier alpha value is -2.36. The zero-order valence-electron chi connectivity index (χ0n) is 11.8. The lowest BCUT2D eigenvalue weighted by Gasteiger charge is -2.07. The summed E-state index contributed by atoms with van der Waals surface area (Å²) in [7, 11) is 0. The van der Waals surface area contributed by atoms with Gasteiger partial charge in [-0.3, -0.25) is 5.32 Å². The molecule has 1 aromatic heterocycles. The van der Waals surface area contributed by atoms with Gasteiger partial charge in [-0.15, -0.1) is 0 Å². The van der Waals surface area contributed by atoms with E-state index in [2.05, 4.69) is 40.7 Å². The van der Waals surface area contributed by atoms with E-state index in [0.717, 1.165) is 12.0 Å². The second-order valence-corrected chi connectivity index (χ2v) is 4.84. The largest absolute Gasteiger partial charge is 0.337 e. The second kappa shape index (κ2) is 6.70. The van der Waals surface area contributed by atoms with Crippen LogP contribution < -0.4 is 10.6 Å². The summed E-state index contributed by atoms with van der Waals surface area (Å²) in [4.78, 5) is 15.8. The first-order valence-electron chi connectivity index (χ1n) is 6.66. The molecular formula is C16H19N3O. The van der Waals surface area contributed by atoms with E-state index >= 15 is 0 Å². The minimum absolute atomic E-state index is 0.226. The Morgan fingerprint density at radius 2 is 1.95 bits per heavy atom. The van der Waals surface area contributed by atoms with Crippen LogP contribution >= 0.6 is 0 Å². The first-order chi connectivity index (χ1) is 9.63. The van der Waals surface area contributed by atoms with Crippen molar-refractivity contribution in [2.45, 2.75) is 20.3 Å². The second-order valence-electron chi connectivity index (χ2n) is 4.84. The van der Waals surface area contributed by atoms with Gasteiger partial charge < -0.3 is 5.32 Å². The van der Waals surface area contributed by atoms with Crippen molar-refractivity contribution in [1.29, 1.82) is 0 Å². The number of aromatic nitrogens is 1. The summed E-state index contributed by atoms with van der Waals surface area (Å²) < 4.78 is 0. The molecule has 0 atom stereocenters. The third-order valence-corrected chi connectivity index (χ3v) is 2.94. The van der Waals surface area contributed by atoms with Crippen molar-refractivity contribution < 1.29 is 4.79 Å². The van der Waals surface area contributed by atoms with E-state index in [-0.39, 0.29) is 6.03 Å². The van der Waals surface area contributed by atoms with Gasteiger partial charge in [-0.1, -0.05) is 29.8 Å². The molecule has 0 aliphatic rings. The summed E-state index contributed by atoms with van der Waals surface area (Å²) in [6, 6.07) is 11.8. The average Bonchev–Trinajstić information content (AvgIpc) is 2.38. The third-order valence-electron chi connectivity index (χ3n) is 2.94. The number of anilines is 1. The molecule has 20 heavy (non-hydrogen) atoms. The van der Waals surface area contributed by atoms with Crippen LogP contribution in [0.4, 0.5) is 10.6 Å². The van der Waals surface area contributed by atoms with Gasteiger partial charge in [-0.25, -0.2) is 9.78 Å². The maximum atomic E-state index is 11.7. The van der Waals surface area contributed by atoms with E-state index < -0.39 is 0 Å². The predicted molar refractivity (Wildman–Crippen MR) is 80.9 cm³/mol. The number of nitrogens with one attached hydrogen (secondary N) is 2. The van der Waals surface area contributed by atoms with Crippen LogP contribution in [0.3, 0.4) is 0 Å². The molecule has 0 aliphatic carbocycles. The molecule has 0 saturated carbocycles. The van der Waals surface area contributed by atoms with Gasteiger partial charge in [0.15, 0.2) is 0 Å². The van der Waals surface area contributed by atoms with Crippen LogP contribution in [-0.4, -0.2) is 17.6 Å². The fraction of sp³-hybridized carbons (Fsp3) is 0.250. The van der Waals surface area contributed by atoms with E-state index in [1.165, 1.54) is 11.1 Å². The predicted octanol–water partition coefficient (Wildman–Crippen LogP) is 3.06. The Morgan fingerprint density at radius 1 is 1.15 bits per heavy atom. The van der Waals surface area contributed by atoms with Gasteiger partial charge in [0, 0.05) is 12.7 Å². The zero-order valence-corrected chi connectivity index (χ0v) is 11.8. The molecule has 2 amide bonds. The topological polar surface area (TPSA) is 54.0 Å². The van der Waals surface area contributed by atoms with Crippen molar-refractivity contribution in [2.24, 2.45) is 0 Å². The molecule has 2 aromatic rings. The van der Waals surface area contributed by atoms with Crippen molar-refractivity contribution in [1.82, 2.24) is 10.3 Å². The summed E-state index contributed by atoms with van der Waals surface area (Å²) in [6.07, 6.45) is 2.49. The van der Waals surface area contributed by atoms with Crippen LogP contribution in [0, 0.1) is 13.8 Å². The summed E-state index contributed by atoms with van der Waals surface area (Å²) in [5.74, 6) is 0.568.